The molecule has 0 saturated carbocycles. The molecule has 0 aliphatic heterocycles. The highest BCUT2D eigenvalue weighted by Gasteiger charge is 2.25. The predicted molar refractivity (Wildman–Crippen MR) is 132 cm³/mol. The van der Waals surface area contributed by atoms with E-state index in [2.05, 4.69) is 23.2 Å². The van der Waals surface area contributed by atoms with Crippen LogP contribution >= 0.6 is 23.4 Å². The number of rotatable bonds is 4. The molecule has 1 aliphatic carbocycles. The summed E-state index contributed by atoms with van der Waals surface area (Å²) in [5.74, 6) is 0.817. The highest BCUT2D eigenvalue weighted by Crippen LogP contribution is 2.51. The molecule has 3 nitrogen and oxygen atoms in total. The van der Waals surface area contributed by atoms with Gasteiger partial charge in [0.2, 0.25) is 0 Å². The zero-order chi connectivity index (χ0) is 22.1. The highest BCUT2D eigenvalue weighted by atomic mass is 35.5. The number of benzene rings is 3. The van der Waals surface area contributed by atoms with Gasteiger partial charge in [0.05, 0.1) is 4.90 Å². The van der Waals surface area contributed by atoms with Crippen LogP contribution in [0.25, 0.3) is 16.3 Å². The van der Waals surface area contributed by atoms with Crippen molar-refractivity contribution in [1.82, 2.24) is 4.98 Å². The first-order valence-electron chi connectivity index (χ1n) is 10.6. The molecule has 1 aromatic heterocycles. The fourth-order valence-corrected chi connectivity index (χ4v) is 5.52. The first-order valence-corrected chi connectivity index (χ1v) is 11.8. The van der Waals surface area contributed by atoms with Crippen molar-refractivity contribution < 1.29 is 10.2 Å². The Bertz CT molecular complexity index is 1300. The van der Waals surface area contributed by atoms with E-state index < -0.39 is 0 Å². The Hall–Kier alpha value is -2.95. The van der Waals surface area contributed by atoms with Crippen molar-refractivity contribution in [2.45, 2.75) is 35.1 Å². The largest absolute Gasteiger partial charge is 0.507 e. The number of hydrogen-bond donors (Lipinski definition) is 2. The normalized spacial score (nSPS) is 16.2. The Kier molecular flexibility index (Phi) is 5.81. The van der Waals surface area contributed by atoms with Gasteiger partial charge in [-0.1, -0.05) is 71.9 Å². The van der Waals surface area contributed by atoms with Crippen LogP contribution in [0.2, 0.25) is 5.02 Å². The number of pyridine rings is 1. The number of hydrogen-bond acceptors (Lipinski definition) is 4. The van der Waals surface area contributed by atoms with Crippen LogP contribution in [0.3, 0.4) is 0 Å². The molecule has 0 fully saturated rings. The molecule has 32 heavy (non-hydrogen) atoms. The van der Waals surface area contributed by atoms with E-state index in [1.807, 2.05) is 54.6 Å². The second-order valence-electron chi connectivity index (χ2n) is 7.97. The van der Waals surface area contributed by atoms with E-state index in [1.54, 1.807) is 6.20 Å². The van der Waals surface area contributed by atoms with E-state index in [1.165, 1.54) is 17.3 Å². The fraction of sp³-hybridized carbons (Fsp3) is 0.148. The van der Waals surface area contributed by atoms with Crippen LogP contribution in [0.5, 0.6) is 11.5 Å². The number of allylic oxidation sites excluding steroid dienone is 2. The third-order valence-electron chi connectivity index (χ3n) is 6.03. The number of fused-ring (bicyclic) bond motifs is 1. The minimum atomic E-state index is 0.185. The summed E-state index contributed by atoms with van der Waals surface area (Å²) in [6, 6.07) is 21.2. The monoisotopic (exact) mass is 459 g/mol. The molecule has 1 aliphatic rings. The first kappa shape index (κ1) is 20.9. The predicted octanol–water partition coefficient (Wildman–Crippen LogP) is 7.80. The Morgan fingerprint density at radius 2 is 1.59 bits per heavy atom. The van der Waals surface area contributed by atoms with E-state index >= 15 is 0 Å². The molecule has 0 amide bonds. The van der Waals surface area contributed by atoms with Crippen LogP contribution in [0, 0.1) is 0 Å². The smallest absolute Gasteiger partial charge is 0.138 e. The Morgan fingerprint density at radius 1 is 0.875 bits per heavy atom. The number of aromatic hydroxyl groups is 2. The molecule has 1 atom stereocenters. The quantitative estimate of drug-likeness (QED) is 0.305. The molecule has 0 saturated heterocycles. The Morgan fingerprint density at radius 3 is 2.25 bits per heavy atom. The maximum atomic E-state index is 11.3. The Labute approximate surface area is 196 Å². The molecule has 160 valence electrons. The standard InChI is InChI=1S/C27H22ClNO2S/c28-20-14-12-18(13-15-20)17-8-10-19(11-9-17)24-25(30)21-5-1-2-6-22(21)26(31)27(24)32-23-7-3-4-16-29-23/h1-7,10,12-17,30-31H,8-9,11H2. The lowest BCUT2D eigenvalue weighted by Gasteiger charge is -2.25. The number of phenols is 2. The number of halogens is 1. The van der Waals surface area contributed by atoms with Gasteiger partial charge in [0.15, 0.2) is 0 Å². The van der Waals surface area contributed by atoms with Gasteiger partial charge in [-0.25, -0.2) is 4.98 Å². The van der Waals surface area contributed by atoms with E-state index in [4.69, 9.17) is 11.6 Å². The van der Waals surface area contributed by atoms with E-state index in [0.717, 1.165) is 34.9 Å². The third kappa shape index (κ3) is 3.96. The lowest BCUT2D eigenvalue weighted by molar-refractivity contribution is 0.456. The minimum absolute atomic E-state index is 0.185. The van der Waals surface area contributed by atoms with Crippen molar-refractivity contribution in [3.63, 3.8) is 0 Å². The van der Waals surface area contributed by atoms with Gasteiger partial charge in [-0.05, 0) is 60.6 Å². The second-order valence-corrected chi connectivity index (χ2v) is 9.44. The molecule has 0 radical (unpaired) electrons. The molecular weight excluding hydrogens is 438 g/mol. The third-order valence-corrected chi connectivity index (χ3v) is 7.34. The second kappa shape index (κ2) is 8.89. The van der Waals surface area contributed by atoms with Crippen molar-refractivity contribution in [1.29, 1.82) is 0 Å². The van der Waals surface area contributed by atoms with E-state index in [9.17, 15) is 10.2 Å². The van der Waals surface area contributed by atoms with Crippen LogP contribution in [0.15, 0.2) is 88.9 Å². The van der Waals surface area contributed by atoms with Gasteiger partial charge in [-0.15, -0.1) is 0 Å². The molecule has 5 heteroatoms. The molecule has 0 bridgehead atoms. The molecule has 3 aromatic carbocycles. The van der Waals surface area contributed by atoms with Gasteiger partial charge in [0, 0.05) is 27.6 Å². The molecule has 5 rings (SSSR count). The zero-order valence-corrected chi connectivity index (χ0v) is 18.9. The number of nitrogens with zero attached hydrogens (tertiary/aromatic N) is 1. The summed E-state index contributed by atoms with van der Waals surface area (Å²) in [4.78, 5) is 5.06. The van der Waals surface area contributed by atoms with Crippen LogP contribution in [0.4, 0.5) is 0 Å². The maximum Gasteiger partial charge on any atom is 0.138 e. The van der Waals surface area contributed by atoms with Gasteiger partial charge in [0.25, 0.3) is 0 Å². The van der Waals surface area contributed by atoms with Crippen molar-refractivity contribution in [2.24, 2.45) is 0 Å². The van der Waals surface area contributed by atoms with Gasteiger partial charge in [0.1, 0.15) is 16.5 Å². The van der Waals surface area contributed by atoms with E-state index in [-0.39, 0.29) is 11.5 Å². The van der Waals surface area contributed by atoms with Gasteiger partial charge in [-0.2, -0.15) is 0 Å². The molecule has 1 unspecified atom stereocenters. The molecular formula is C27H22ClNO2S. The van der Waals surface area contributed by atoms with Crippen molar-refractivity contribution in [2.75, 3.05) is 0 Å². The zero-order valence-electron chi connectivity index (χ0n) is 17.3. The molecule has 2 N–H and O–H groups in total. The Balaban J connectivity index is 1.59. The molecule has 0 spiro atoms. The molecule has 4 aromatic rings. The average molecular weight is 460 g/mol. The lowest BCUT2D eigenvalue weighted by atomic mass is 9.82. The van der Waals surface area contributed by atoms with Gasteiger partial charge < -0.3 is 10.2 Å². The van der Waals surface area contributed by atoms with Gasteiger partial charge >= 0.3 is 0 Å². The summed E-state index contributed by atoms with van der Waals surface area (Å²) in [6.07, 6.45) is 6.59. The number of phenolic OH excluding ortho intramolecular Hbond substituents is 2. The maximum absolute atomic E-state index is 11.3. The fourth-order valence-electron chi connectivity index (χ4n) is 4.39. The summed E-state index contributed by atoms with van der Waals surface area (Å²) in [5.41, 5.74) is 3.05. The summed E-state index contributed by atoms with van der Waals surface area (Å²) >= 11 is 7.43. The highest BCUT2D eigenvalue weighted by molar-refractivity contribution is 7.99. The minimum Gasteiger partial charge on any atom is -0.507 e. The first-order chi connectivity index (χ1) is 15.6. The van der Waals surface area contributed by atoms with Gasteiger partial charge in [-0.3, -0.25) is 0 Å². The molecule has 1 heterocycles. The average Bonchev–Trinajstić information content (AvgIpc) is 2.84. The van der Waals surface area contributed by atoms with E-state index in [0.29, 0.717) is 27.1 Å². The van der Waals surface area contributed by atoms with Crippen molar-refractivity contribution >= 4 is 39.7 Å². The van der Waals surface area contributed by atoms with Crippen molar-refractivity contribution in [3.05, 3.63) is 95.2 Å². The SMILES string of the molecule is Oc1c(Sc2ccccn2)c(C2=CCC(c3ccc(Cl)cc3)CC2)c(O)c2ccccc12. The summed E-state index contributed by atoms with van der Waals surface area (Å²) in [5, 5.41) is 25.3. The van der Waals surface area contributed by atoms with Crippen LogP contribution in [0.1, 0.15) is 36.3 Å². The van der Waals surface area contributed by atoms with Crippen LogP contribution in [-0.2, 0) is 0 Å². The van der Waals surface area contributed by atoms with Crippen LogP contribution < -0.4 is 0 Å². The van der Waals surface area contributed by atoms with Crippen molar-refractivity contribution in [3.8, 4) is 11.5 Å². The topological polar surface area (TPSA) is 53.4 Å². The van der Waals surface area contributed by atoms with Crippen LogP contribution in [-0.4, -0.2) is 15.2 Å². The lowest BCUT2D eigenvalue weighted by Crippen LogP contribution is -2.05. The number of aromatic nitrogens is 1. The summed E-state index contributed by atoms with van der Waals surface area (Å²) in [7, 11) is 0. The summed E-state index contributed by atoms with van der Waals surface area (Å²) < 4.78 is 0. The summed E-state index contributed by atoms with van der Waals surface area (Å²) in [6.45, 7) is 0.